The van der Waals surface area contributed by atoms with Crippen LogP contribution in [-0.4, -0.2) is 19.9 Å². The third-order valence-electron chi connectivity index (χ3n) is 4.66. The first-order chi connectivity index (χ1) is 13.9. The summed E-state index contributed by atoms with van der Waals surface area (Å²) in [5.74, 6) is -1.17. The molecule has 152 valence electrons. The van der Waals surface area contributed by atoms with Crippen molar-refractivity contribution in [3.05, 3.63) is 96.3 Å². The molecule has 0 radical (unpaired) electrons. The van der Waals surface area contributed by atoms with Crippen LogP contribution < -0.4 is 0 Å². The predicted molar refractivity (Wildman–Crippen MR) is 105 cm³/mol. The van der Waals surface area contributed by atoms with Crippen LogP contribution in [0.4, 0.5) is 8.78 Å². The average molecular weight is 581 g/mol. The molecule has 0 N–H and O–H groups in total. The van der Waals surface area contributed by atoms with E-state index < -0.39 is 17.3 Å². The van der Waals surface area contributed by atoms with Gasteiger partial charge in [0.25, 0.3) is 0 Å². The molecule has 0 saturated carbocycles. The molecule has 0 atom stereocenters. The molecule has 0 aliphatic heterocycles. The van der Waals surface area contributed by atoms with Gasteiger partial charge in [0, 0.05) is 16.8 Å². The Hall–Kier alpha value is -2.85. The summed E-state index contributed by atoms with van der Waals surface area (Å²) in [5, 5.41) is 0. The van der Waals surface area contributed by atoms with E-state index in [2.05, 4.69) is 22.1 Å². The summed E-state index contributed by atoms with van der Waals surface area (Å²) in [4.78, 5) is 16.8. The molecule has 4 aromatic heterocycles. The minimum absolute atomic E-state index is 0. The Morgan fingerprint density at radius 3 is 1.53 bits per heavy atom. The topological polar surface area (TPSA) is 51.6 Å². The van der Waals surface area contributed by atoms with E-state index in [1.54, 1.807) is 0 Å². The van der Waals surface area contributed by atoms with Crippen LogP contribution in [0, 0.1) is 24.0 Å². The second-order valence-electron chi connectivity index (χ2n) is 7.01. The third-order valence-corrected chi connectivity index (χ3v) is 4.66. The fourth-order valence-corrected chi connectivity index (χ4v) is 2.95. The van der Waals surface area contributed by atoms with Crippen molar-refractivity contribution in [2.24, 2.45) is 0 Å². The van der Waals surface area contributed by atoms with Gasteiger partial charge >= 0.3 is 21.1 Å². The summed E-state index contributed by atoms with van der Waals surface area (Å²) >= 11 is 0. The minimum Gasteiger partial charge on any atom is -0.326 e. The predicted octanol–water partition coefficient (Wildman–Crippen LogP) is 4.80. The van der Waals surface area contributed by atoms with Crippen molar-refractivity contribution in [3.8, 4) is 22.5 Å². The van der Waals surface area contributed by atoms with Crippen LogP contribution in [0.5, 0.6) is 0 Å². The van der Waals surface area contributed by atoms with Gasteiger partial charge in [-0.05, 0) is 37.4 Å². The Labute approximate surface area is 187 Å². The van der Waals surface area contributed by atoms with Gasteiger partial charge in [-0.3, -0.25) is 0 Å². The Bertz CT molecular complexity index is 1060. The largest absolute Gasteiger partial charge is 2.00 e. The molecule has 7 heteroatoms. The van der Waals surface area contributed by atoms with Crippen LogP contribution in [0.1, 0.15) is 25.2 Å². The molecule has 0 aliphatic carbocycles. The SMILES string of the molecule is CC(C)(c1cccc(-c2[c-]cc(F)nc2)n1)c1cccc(-c2[c-]cc(F)nc2)n1.[Pt+2]. The summed E-state index contributed by atoms with van der Waals surface area (Å²) in [6.45, 7) is 4.04. The smallest absolute Gasteiger partial charge is 0.326 e. The van der Waals surface area contributed by atoms with Crippen molar-refractivity contribution < 1.29 is 29.8 Å². The Morgan fingerprint density at radius 2 is 1.17 bits per heavy atom. The molecule has 0 spiro atoms. The van der Waals surface area contributed by atoms with Gasteiger partial charge in [0.1, 0.15) is 11.9 Å². The molecule has 0 unspecified atom stereocenters. The van der Waals surface area contributed by atoms with Crippen molar-refractivity contribution in [3.63, 3.8) is 0 Å². The molecule has 0 saturated heterocycles. The Balaban J connectivity index is 0.00000256. The third kappa shape index (κ3) is 4.49. The molecule has 0 amide bonds. The first-order valence-electron chi connectivity index (χ1n) is 8.96. The molecule has 0 bridgehead atoms. The fourth-order valence-electron chi connectivity index (χ4n) is 2.95. The summed E-state index contributed by atoms with van der Waals surface area (Å²) in [5.41, 5.74) is 3.57. The first-order valence-corrected chi connectivity index (χ1v) is 8.96. The van der Waals surface area contributed by atoms with Crippen LogP contribution in [0.15, 0.2) is 60.9 Å². The van der Waals surface area contributed by atoms with Gasteiger partial charge in [-0.1, -0.05) is 48.8 Å². The zero-order chi connectivity index (χ0) is 20.4. The molecule has 0 aromatic carbocycles. The van der Waals surface area contributed by atoms with Crippen LogP contribution >= 0.6 is 0 Å². The van der Waals surface area contributed by atoms with Crippen LogP contribution in [0.3, 0.4) is 0 Å². The number of hydrogen-bond donors (Lipinski definition) is 0. The Morgan fingerprint density at radius 1 is 0.733 bits per heavy atom. The van der Waals surface area contributed by atoms with Crippen molar-refractivity contribution >= 4 is 0 Å². The molecule has 4 heterocycles. The van der Waals surface area contributed by atoms with E-state index in [0.29, 0.717) is 22.5 Å². The molecule has 30 heavy (non-hydrogen) atoms. The second kappa shape index (κ2) is 8.88. The second-order valence-corrected chi connectivity index (χ2v) is 7.01. The van der Waals surface area contributed by atoms with Crippen molar-refractivity contribution in [2.75, 3.05) is 0 Å². The normalized spacial score (nSPS) is 11.1. The minimum atomic E-state index is -0.585. The number of rotatable bonds is 4. The monoisotopic (exact) mass is 581 g/mol. The maximum Gasteiger partial charge on any atom is 2.00 e. The van der Waals surface area contributed by atoms with Gasteiger partial charge in [-0.2, -0.15) is 0 Å². The zero-order valence-electron chi connectivity index (χ0n) is 16.1. The van der Waals surface area contributed by atoms with E-state index in [1.807, 2.05) is 50.2 Å². The zero-order valence-corrected chi connectivity index (χ0v) is 18.4. The molecule has 0 fully saturated rings. The fraction of sp³-hybridized carbons (Fsp3) is 0.130. The van der Waals surface area contributed by atoms with E-state index in [9.17, 15) is 8.78 Å². The number of halogens is 2. The maximum absolute atomic E-state index is 13.1. The van der Waals surface area contributed by atoms with Crippen molar-refractivity contribution in [1.82, 2.24) is 19.9 Å². The van der Waals surface area contributed by atoms with Crippen LogP contribution in [0.25, 0.3) is 22.5 Å². The molecule has 4 rings (SSSR count). The molecule has 4 nitrogen and oxygen atoms in total. The molecular weight excluding hydrogens is 565 g/mol. The molecular formula is C23H16F2N4Pt. The Kier molecular flexibility index (Phi) is 6.47. The maximum atomic E-state index is 13.1. The van der Waals surface area contributed by atoms with E-state index in [4.69, 9.17) is 9.97 Å². The number of hydrogen-bond acceptors (Lipinski definition) is 4. The van der Waals surface area contributed by atoms with Gasteiger partial charge in [-0.25, -0.2) is 8.78 Å². The van der Waals surface area contributed by atoms with E-state index >= 15 is 0 Å². The van der Waals surface area contributed by atoms with E-state index in [1.165, 1.54) is 24.5 Å². The van der Waals surface area contributed by atoms with Gasteiger partial charge in [0.05, 0.1) is 0 Å². The van der Waals surface area contributed by atoms with Crippen molar-refractivity contribution in [1.29, 1.82) is 0 Å². The number of nitrogens with zero attached hydrogens (tertiary/aromatic N) is 4. The number of aromatic nitrogens is 4. The van der Waals surface area contributed by atoms with E-state index in [-0.39, 0.29) is 21.1 Å². The van der Waals surface area contributed by atoms with Gasteiger partial charge in [-0.15, -0.1) is 23.3 Å². The first kappa shape index (κ1) is 21.8. The van der Waals surface area contributed by atoms with E-state index in [0.717, 1.165) is 11.4 Å². The van der Waals surface area contributed by atoms with Crippen molar-refractivity contribution in [2.45, 2.75) is 19.3 Å². The quantitative estimate of drug-likeness (QED) is 0.257. The summed E-state index contributed by atoms with van der Waals surface area (Å²) < 4.78 is 26.2. The van der Waals surface area contributed by atoms with Gasteiger partial charge in [0.2, 0.25) is 0 Å². The van der Waals surface area contributed by atoms with Gasteiger partial charge < -0.3 is 19.9 Å². The molecule has 4 aromatic rings. The molecule has 0 aliphatic rings. The van der Waals surface area contributed by atoms with Crippen LogP contribution in [0.2, 0.25) is 0 Å². The average Bonchev–Trinajstić information content (AvgIpc) is 2.75. The van der Waals surface area contributed by atoms with Crippen LogP contribution in [-0.2, 0) is 26.5 Å². The van der Waals surface area contributed by atoms with Gasteiger partial charge in [0.15, 0.2) is 0 Å². The summed E-state index contributed by atoms with van der Waals surface area (Å²) in [6, 6.07) is 19.3. The summed E-state index contributed by atoms with van der Waals surface area (Å²) in [7, 11) is 0. The summed E-state index contributed by atoms with van der Waals surface area (Å²) in [6.07, 6.45) is 2.81. The number of pyridine rings is 4. The standard InChI is InChI=1S/C23H16F2N4.Pt/c1-23(2,19-7-3-5-17(28-19)15-9-11-21(24)26-13-15)20-8-4-6-18(29-20)16-10-12-22(25)27-14-16;/h3-8,11-14H,1-2H3;/q-2;+2.